The molecule has 0 aliphatic rings. The van der Waals surface area contributed by atoms with Crippen molar-refractivity contribution in [2.75, 3.05) is 0 Å². The van der Waals surface area contributed by atoms with Gasteiger partial charge in [-0.15, -0.1) is 20.5 Å². The van der Waals surface area contributed by atoms with E-state index in [0.717, 1.165) is 24.3 Å². The van der Waals surface area contributed by atoms with E-state index >= 15 is 0 Å². The van der Waals surface area contributed by atoms with Crippen molar-refractivity contribution in [2.24, 2.45) is 30.7 Å². The second-order valence-electron chi connectivity index (χ2n) is 7.84. The van der Waals surface area contributed by atoms with E-state index in [9.17, 15) is 36.2 Å². The molecule has 0 bridgehead atoms. The van der Waals surface area contributed by atoms with Gasteiger partial charge in [0.25, 0.3) is 0 Å². The largest absolute Gasteiger partial charge is 1.00 e. The van der Waals surface area contributed by atoms with Gasteiger partial charge in [-0.2, -0.15) is 10.2 Å². The first-order valence-electron chi connectivity index (χ1n) is 10.9. The van der Waals surface area contributed by atoms with Crippen molar-refractivity contribution >= 4 is 54.4 Å². The summed E-state index contributed by atoms with van der Waals surface area (Å²) in [6, 6.07) is 17.5. The molecule has 0 heterocycles. The zero-order valence-electron chi connectivity index (χ0n) is 21.9. The molecule has 0 aliphatic heterocycles. The van der Waals surface area contributed by atoms with Crippen LogP contribution in [0.5, 0.6) is 11.5 Å². The van der Waals surface area contributed by atoms with Gasteiger partial charge in [0.1, 0.15) is 54.5 Å². The maximum Gasteiger partial charge on any atom is 1.00 e. The van der Waals surface area contributed by atoms with Crippen LogP contribution in [0.25, 0.3) is 0 Å². The van der Waals surface area contributed by atoms with Crippen LogP contribution in [0.3, 0.4) is 0 Å². The molecule has 0 atom stereocenters. The minimum absolute atomic E-state index is 0. The zero-order chi connectivity index (χ0) is 28.9. The first-order chi connectivity index (χ1) is 18.9. The molecule has 0 aromatic heterocycles. The molecule has 0 saturated heterocycles. The number of hydrogen-bond acceptors (Lipinski definition) is 14. The molecule has 0 radical (unpaired) electrons. The fourth-order valence-corrected chi connectivity index (χ4v) is 3.98. The Morgan fingerprint density at radius 1 is 0.452 bits per heavy atom. The molecule has 0 aliphatic carbocycles. The summed E-state index contributed by atoms with van der Waals surface area (Å²) in [7, 11) is -9.22. The topological polar surface area (TPSA) is 229 Å². The van der Waals surface area contributed by atoms with E-state index < -0.39 is 30.0 Å². The molecule has 14 nitrogen and oxygen atoms in total. The van der Waals surface area contributed by atoms with Gasteiger partial charge < -0.3 is 19.3 Å². The molecule has 4 aromatic carbocycles. The Bertz CT molecular complexity index is 1730. The number of phenols is 2. The molecule has 18 heteroatoms. The van der Waals surface area contributed by atoms with Crippen LogP contribution in [0, 0.1) is 0 Å². The van der Waals surface area contributed by atoms with Crippen molar-refractivity contribution in [3.05, 3.63) is 84.9 Å². The predicted molar refractivity (Wildman–Crippen MR) is 138 cm³/mol. The van der Waals surface area contributed by atoms with Crippen LogP contribution in [0.2, 0.25) is 0 Å². The van der Waals surface area contributed by atoms with Gasteiger partial charge in [-0.1, -0.05) is 0 Å². The first kappa shape index (κ1) is 35.3. The summed E-state index contributed by atoms with van der Waals surface area (Å²) in [6.45, 7) is 0. The molecule has 0 saturated carbocycles. The van der Waals surface area contributed by atoms with Crippen LogP contribution < -0.4 is 59.1 Å². The van der Waals surface area contributed by atoms with Gasteiger partial charge in [0.15, 0.2) is 0 Å². The van der Waals surface area contributed by atoms with Gasteiger partial charge in [0.05, 0.1) is 21.2 Å². The molecule has 0 spiro atoms. The van der Waals surface area contributed by atoms with Crippen LogP contribution >= 0.6 is 0 Å². The van der Waals surface area contributed by atoms with Gasteiger partial charge in [0, 0.05) is 12.1 Å². The van der Waals surface area contributed by atoms with Crippen molar-refractivity contribution < 1.29 is 95.3 Å². The van der Waals surface area contributed by atoms with Crippen molar-refractivity contribution in [3.63, 3.8) is 0 Å². The summed E-state index contributed by atoms with van der Waals surface area (Å²) in [5, 5.41) is 44.0. The minimum Gasteiger partial charge on any atom is -0.744 e. The third-order valence-electron chi connectivity index (χ3n) is 4.98. The Morgan fingerprint density at radius 3 is 1.07 bits per heavy atom. The van der Waals surface area contributed by atoms with Crippen molar-refractivity contribution in [2.45, 2.75) is 9.79 Å². The van der Waals surface area contributed by atoms with Crippen molar-refractivity contribution in [1.82, 2.24) is 0 Å². The number of benzene rings is 4. The predicted octanol–water partition coefficient (Wildman–Crippen LogP) is 0.160. The Morgan fingerprint density at radius 2 is 0.762 bits per heavy atom. The third kappa shape index (κ3) is 9.84. The van der Waals surface area contributed by atoms with Crippen molar-refractivity contribution in [1.29, 1.82) is 0 Å². The summed E-state index contributed by atoms with van der Waals surface area (Å²) < 4.78 is 66.5. The SMILES string of the molecule is O=S(=O)([O-])c1ccc(N=Nc2ccc(O)cc2N=Nc2cc(O)ccc2N=Nc2ccc(S(=O)(=O)[O-])cc2)cc1.[Na+].[Na+]. The molecule has 0 fully saturated rings. The van der Waals surface area contributed by atoms with Crippen LogP contribution in [0.15, 0.2) is 125 Å². The normalized spacial score (nSPS) is 12.0. The average Bonchev–Trinajstić information content (AvgIpc) is 2.90. The van der Waals surface area contributed by atoms with Gasteiger partial charge in [0.2, 0.25) is 0 Å². The quantitative estimate of drug-likeness (QED) is 0.155. The summed E-state index contributed by atoms with van der Waals surface area (Å²) >= 11 is 0. The third-order valence-corrected chi connectivity index (χ3v) is 6.68. The van der Waals surface area contributed by atoms with Gasteiger partial charge >= 0.3 is 59.1 Å². The van der Waals surface area contributed by atoms with E-state index in [2.05, 4.69) is 30.7 Å². The summed E-state index contributed by atoms with van der Waals surface area (Å²) in [6.07, 6.45) is 0. The Hall–Kier alpha value is -2.90. The van der Waals surface area contributed by atoms with E-state index in [1.54, 1.807) is 0 Å². The van der Waals surface area contributed by atoms with Crippen LogP contribution in [-0.2, 0) is 20.2 Å². The van der Waals surface area contributed by atoms with Gasteiger partial charge in [-0.25, -0.2) is 16.8 Å². The molecule has 0 unspecified atom stereocenters. The molecule has 42 heavy (non-hydrogen) atoms. The Balaban J connectivity index is 0.00000308. The van der Waals surface area contributed by atoms with Crippen LogP contribution in [0.4, 0.5) is 34.1 Å². The average molecular weight is 627 g/mol. The molecular formula is C24H16N6Na2O8S2. The molecule has 204 valence electrons. The molecular weight excluding hydrogens is 610 g/mol. The smallest absolute Gasteiger partial charge is 0.744 e. The molecule has 4 rings (SSSR count). The van der Waals surface area contributed by atoms with E-state index in [1.165, 1.54) is 60.7 Å². The maximum atomic E-state index is 11.1. The standard InChI is InChI=1S/C24H18N6O8S2.2Na/c31-17-5-11-21(27-25-15-1-7-19(8-2-15)39(33,34)35)23(13-17)29-30-24-14-18(32)6-12-22(24)28-26-16-3-9-20(10-4-16)40(36,37)38;;/h1-14,31-32H,(H,33,34,35)(H,36,37,38);;/q;2*+1/p-2. The van der Waals surface area contributed by atoms with Crippen LogP contribution in [0.1, 0.15) is 0 Å². The fourth-order valence-electron chi connectivity index (χ4n) is 3.04. The van der Waals surface area contributed by atoms with E-state index in [-0.39, 0.29) is 105 Å². The summed E-state index contributed by atoms with van der Waals surface area (Å²) in [5.74, 6) is -0.311. The minimum atomic E-state index is -4.61. The first-order valence-corrected chi connectivity index (χ1v) is 13.7. The zero-order valence-corrected chi connectivity index (χ0v) is 27.6. The second kappa shape index (κ2) is 15.0. The van der Waals surface area contributed by atoms with Crippen LogP contribution in [-0.4, -0.2) is 36.2 Å². The van der Waals surface area contributed by atoms with Crippen molar-refractivity contribution in [3.8, 4) is 11.5 Å². The van der Waals surface area contributed by atoms with Gasteiger partial charge in [-0.05, 0) is 72.8 Å². The monoisotopic (exact) mass is 626 g/mol. The summed E-state index contributed by atoms with van der Waals surface area (Å²) in [5.41, 5.74) is 0.948. The number of phenolic OH excluding ortho intramolecular Hbond substituents is 2. The fraction of sp³-hybridized carbons (Fsp3) is 0. The summed E-state index contributed by atoms with van der Waals surface area (Å²) in [4.78, 5) is -0.839. The number of nitrogens with zero attached hydrogens (tertiary/aromatic N) is 6. The van der Waals surface area contributed by atoms with E-state index in [4.69, 9.17) is 0 Å². The maximum absolute atomic E-state index is 11.1. The van der Waals surface area contributed by atoms with E-state index in [0.29, 0.717) is 0 Å². The number of aromatic hydroxyl groups is 2. The number of hydrogen-bond donors (Lipinski definition) is 2. The van der Waals surface area contributed by atoms with Gasteiger partial charge in [-0.3, -0.25) is 0 Å². The Labute approximate surface area is 284 Å². The molecule has 4 aromatic rings. The Kier molecular flexibility index (Phi) is 12.6. The number of azo groups is 3. The molecule has 0 amide bonds. The van der Waals surface area contributed by atoms with E-state index in [1.807, 2.05) is 0 Å². The number of rotatable bonds is 8. The molecule has 2 N–H and O–H groups in total. The second-order valence-corrected chi connectivity index (χ2v) is 10.6.